The Morgan fingerprint density at radius 2 is 1.55 bits per heavy atom. The minimum absolute atomic E-state index is 0.101. The van der Waals surface area contributed by atoms with Gasteiger partial charge in [-0.1, -0.05) is 13.8 Å². The Hall–Kier alpha value is -0.210. The minimum Gasteiger partial charge on any atom is -0.380 e. The van der Waals surface area contributed by atoms with Crippen LogP contribution < -0.4 is 5.32 Å². The molecular weight excluding hydrogens is 280 g/mol. The smallest absolute Gasteiger partial charge is 0.215 e. The molecule has 0 heterocycles. The van der Waals surface area contributed by atoms with Crippen LogP contribution in [0.3, 0.4) is 0 Å². The van der Waals surface area contributed by atoms with Crippen LogP contribution in [0, 0.1) is 0 Å². The topological polar surface area (TPSA) is 67.9 Å². The fraction of sp³-hybridized carbons (Fsp3) is 1.00. The second-order valence-electron chi connectivity index (χ2n) is 4.72. The zero-order valence-corrected chi connectivity index (χ0v) is 14.0. The summed E-state index contributed by atoms with van der Waals surface area (Å²) in [6.07, 6.45) is 0. The number of hydrogen-bond acceptors (Lipinski definition) is 5. The molecular formula is C13H30N2O4S. The molecule has 1 N–H and O–H groups in total. The number of sulfonamides is 1. The summed E-state index contributed by atoms with van der Waals surface area (Å²) in [7, 11) is -3.27. The van der Waals surface area contributed by atoms with E-state index in [-0.39, 0.29) is 11.8 Å². The van der Waals surface area contributed by atoms with Crippen molar-refractivity contribution in [1.29, 1.82) is 0 Å². The van der Waals surface area contributed by atoms with Gasteiger partial charge in [0, 0.05) is 38.9 Å². The molecule has 0 atom stereocenters. The fourth-order valence-electron chi connectivity index (χ4n) is 1.62. The predicted molar refractivity (Wildman–Crippen MR) is 81.5 cm³/mol. The summed E-state index contributed by atoms with van der Waals surface area (Å²) in [5, 5.41) is 3.12. The van der Waals surface area contributed by atoms with Crippen LogP contribution in [0.25, 0.3) is 0 Å². The first-order valence-electron chi connectivity index (χ1n) is 7.30. The molecule has 0 amide bonds. The number of rotatable bonds is 13. The van der Waals surface area contributed by atoms with Crippen molar-refractivity contribution in [1.82, 2.24) is 9.62 Å². The van der Waals surface area contributed by atoms with Crippen molar-refractivity contribution in [3.8, 4) is 0 Å². The third kappa shape index (κ3) is 9.66. The van der Waals surface area contributed by atoms with Gasteiger partial charge in [0.2, 0.25) is 10.0 Å². The van der Waals surface area contributed by atoms with Gasteiger partial charge in [-0.2, -0.15) is 4.31 Å². The average molecular weight is 310 g/mol. The number of hydrogen-bond donors (Lipinski definition) is 1. The maximum atomic E-state index is 12.3. The second kappa shape index (κ2) is 11.4. The van der Waals surface area contributed by atoms with E-state index in [0.717, 1.165) is 0 Å². The molecule has 20 heavy (non-hydrogen) atoms. The molecule has 0 bridgehead atoms. The van der Waals surface area contributed by atoms with Crippen LogP contribution >= 0.6 is 0 Å². The Bertz CT molecular complexity index is 310. The zero-order chi connectivity index (χ0) is 15.4. The van der Waals surface area contributed by atoms with Crippen molar-refractivity contribution in [2.24, 2.45) is 0 Å². The predicted octanol–water partition coefficient (Wildman–Crippen LogP) is 0.689. The molecule has 0 aliphatic heterocycles. The van der Waals surface area contributed by atoms with Gasteiger partial charge in [0.05, 0.1) is 19.0 Å². The highest BCUT2D eigenvalue weighted by molar-refractivity contribution is 7.89. The monoisotopic (exact) mass is 310 g/mol. The molecule has 0 saturated heterocycles. The number of nitrogens with one attached hydrogen (secondary N) is 1. The fourth-order valence-corrected chi connectivity index (χ4v) is 2.96. The summed E-state index contributed by atoms with van der Waals surface area (Å²) in [5.41, 5.74) is 0. The van der Waals surface area contributed by atoms with Gasteiger partial charge in [-0.3, -0.25) is 0 Å². The molecule has 7 heteroatoms. The molecule has 0 rings (SSSR count). The van der Waals surface area contributed by atoms with E-state index in [2.05, 4.69) is 5.32 Å². The Balaban J connectivity index is 4.37. The van der Waals surface area contributed by atoms with E-state index in [4.69, 9.17) is 9.47 Å². The lowest BCUT2D eigenvalue weighted by Gasteiger charge is -2.22. The van der Waals surface area contributed by atoms with Crippen LogP contribution in [0.2, 0.25) is 0 Å². The molecule has 0 aliphatic rings. The van der Waals surface area contributed by atoms with Gasteiger partial charge in [0.1, 0.15) is 0 Å². The van der Waals surface area contributed by atoms with E-state index in [1.807, 2.05) is 27.7 Å². The highest BCUT2D eigenvalue weighted by Crippen LogP contribution is 2.02. The zero-order valence-electron chi connectivity index (χ0n) is 13.2. The SMILES string of the molecule is CCOCCN(CCOCC)S(=O)(=O)CCNC(C)C. The van der Waals surface area contributed by atoms with Gasteiger partial charge in [-0.15, -0.1) is 0 Å². The van der Waals surface area contributed by atoms with Crippen molar-refractivity contribution in [3.05, 3.63) is 0 Å². The lowest BCUT2D eigenvalue weighted by atomic mass is 10.4. The Morgan fingerprint density at radius 3 is 1.95 bits per heavy atom. The Kier molecular flexibility index (Phi) is 11.3. The van der Waals surface area contributed by atoms with Crippen molar-refractivity contribution in [2.75, 3.05) is 51.8 Å². The van der Waals surface area contributed by atoms with Gasteiger partial charge < -0.3 is 14.8 Å². The maximum absolute atomic E-state index is 12.3. The third-order valence-electron chi connectivity index (χ3n) is 2.68. The third-order valence-corrected chi connectivity index (χ3v) is 4.56. The van der Waals surface area contributed by atoms with Gasteiger partial charge in [0.25, 0.3) is 0 Å². The first kappa shape index (κ1) is 19.8. The van der Waals surface area contributed by atoms with Gasteiger partial charge >= 0.3 is 0 Å². The van der Waals surface area contributed by atoms with Crippen molar-refractivity contribution >= 4 is 10.0 Å². The molecule has 0 aromatic carbocycles. The first-order chi connectivity index (χ1) is 9.44. The second-order valence-corrected chi connectivity index (χ2v) is 6.81. The molecule has 6 nitrogen and oxygen atoms in total. The summed E-state index contributed by atoms with van der Waals surface area (Å²) in [6.45, 7) is 11.0. The van der Waals surface area contributed by atoms with E-state index in [9.17, 15) is 8.42 Å². The molecule has 122 valence electrons. The Labute approximate surface area is 123 Å². The van der Waals surface area contributed by atoms with Crippen LogP contribution in [-0.4, -0.2) is 70.6 Å². The lowest BCUT2D eigenvalue weighted by molar-refractivity contribution is 0.110. The van der Waals surface area contributed by atoms with Crippen LogP contribution in [0.1, 0.15) is 27.7 Å². The van der Waals surface area contributed by atoms with Crippen LogP contribution in [-0.2, 0) is 19.5 Å². The quantitative estimate of drug-likeness (QED) is 0.507. The summed E-state index contributed by atoms with van der Waals surface area (Å²) >= 11 is 0. The largest absolute Gasteiger partial charge is 0.380 e. The number of ether oxygens (including phenoxy) is 2. The molecule has 0 saturated carbocycles. The maximum Gasteiger partial charge on any atom is 0.215 e. The molecule has 0 aromatic rings. The van der Waals surface area contributed by atoms with Gasteiger partial charge in [0.15, 0.2) is 0 Å². The minimum atomic E-state index is -3.27. The van der Waals surface area contributed by atoms with E-state index in [1.54, 1.807) is 0 Å². The van der Waals surface area contributed by atoms with Gasteiger partial charge in [-0.05, 0) is 13.8 Å². The van der Waals surface area contributed by atoms with Crippen molar-refractivity contribution in [3.63, 3.8) is 0 Å². The highest BCUT2D eigenvalue weighted by atomic mass is 32.2. The summed E-state index contributed by atoms with van der Waals surface area (Å²) in [4.78, 5) is 0. The summed E-state index contributed by atoms with van der Waals surface area (Å²) in [6, 6.07) is 0.283. The normalized spacial score (nSPS) is 12.5. The summed E-state index contributed by atoms with van der Waals surface area (Å²) < 4.78 is 36.5. The molecule has 0 unspecified atom stereocenters. The van der Waals surface area contributed by atoms with Crippen LogP contribution in [0.4, 0.5) is 0 Å². The van der Waals surface area contributed by atoms with E-state index >= 15 is 0 Å². The van der Waals surface area contributed by atoms with Crippen molar-refractivity contribution < 1.29 is 17.9 Å². The Morgan fingerprint density at radius 1 is 1.05 bits per heavy atom. The average Bonchev–Trinajstić information content (AvgIpc) is 2.36. The molecule has 0 spiro atoms. The molecule has 0 fully saturated rings. The number of nitrogens with zero attached hydrogens (tertiary/aromatic N) is 1. The van der Waals surface area contributed by atoms with E-state index < -0.39 is 10.0 Å². The standard InChI is InChI=1S/C13H30N2O4S/c1-5-18-10-8-15(9-11-19-6-2)20(16,17)12-7-14-13(3)4/h13-14H,5-12H2,1-4H3. The van der Waals surface area contributed by atoms with Gasteiger partial charge in [-0.25, -0.2) is 8.42 Å². The van der Waals surface area contributed by atoms with Crippen LogP contribution in [0.15, 0.2) is 0 Å². The molecule has 0 radical (unpaired) electrons. The first-order valence-corrected chi connectivity index (χ1v) is 8.91. The lowest BCUT2D eigenvalue weighted by Crippen LogP contribution is -2.41. The van der Waals surface area contributed by atoms with Crippen molar-refractivity contribution in [2.45, 2.75) is 33.7 Å². The highest BCUT2D eigenvalue weighted by Gasteiger charge is 2.21. The summed E-state index contributed by atoms with van der Waals surface area (Å²) in [5.74, 6) is 0.101. The van der Waals surface area contributed by atoms with E-state index in [1.165, 1.54) is 4.31 Å². The molecule has 0 aliphatic carbocycles. The van der Waals surface area contributed by atoms with E-state index in [0.29, 0.717) is 46.1 Å². The van der Waals surface area contributed by atoms with Crippen LogP contribution in [0.5, 0.6) is 0 Å². The molecule has 0 aromatic heterocycles.